The van der Waals surface area contributed by atoms with Crippen LogP contribution in [0.25, 0.3) is 11.1 Å². The van der Waals surface area contributed by atoms with Crippen LogP contribution in [0.2, 0.25) is 10.0 Å². The third-order valence-corrected chi connectivity index (χ3v) is 7.10. The number of nitriles is 1. The van der Waals surface area contributed by atoms with Crippen LogP contribution in [0.4, 0.5) is 5.69 Å². The number of hydrogen-bond donors (Lipinski definition) is 1. The van der Waals surface area contributed by atoms with E-state index in [1.807, 2.05) is 55.5 Å². The summed E-state index contributed by atoms with van der Waals surface area (Å²) in [6.07, 6.45) is 0.932. The van der Waals surface area contributed by atoms with Gasteiger partial charge in [-0.3, -0.25) is 0 Å². The first-order chi connectivity index (χ1) is 18.0. The topological polar surface area (TPSA) is 54.3 Å². The van der Waals surface area contributed by atoms with Crippen LogP contribution in [-0.4, -0.2) is 19.8 Å². The van der Waals surface area contributed by atoms with Gasteiger partial charge in [0.1, 0.15) is 19.0 Å². The molecule has 1 N–H and O–H groups in total. The molecule has 1 aliphatic rings. The van der Waals surface area contributed by atoms with Gasteiger partial charge in [0, 0.05) is 18.2 Å². The fraction of sp³-hybridized carbons (Fsp3) is 0.194. The summed E-state index contributed by atoms with van der Waals surface area (Å²) in [5, 5.41) is 14.0. The van der Waals surface area contributed by atoms with E-state index in [9.17, 15) is 5.26 Å². The largest absolute Gasteiger partial charge is 0.490 e. The molecular formula is C31H26Cl2N2O2. The number of ether oxygens (including phenoxy) is 2. The van der Waals surface area contributed by atoms with E-state index in [0.29, 0.717) is 40.5 Å². The highest BCUT2D eigenvalue weighted by Gasteiger charge is 2.23. The second kappa shape index (κ2) is 11.2. The fourth-order valence-electron chi connectivity index (χ4n) is 4.72. The van der Waals surface area contributed by atoms with Gasteiger partial charge in [-0.2, -0.15) is 5.26 Å². The van der Waals surface area contributed by atoms with E-state index in [1.165, 1.54) is 11.1 Å². The minimum atomic E-state index is 0.343. The molecule has 1 atom stereocenters. The standard InChI is InChI=1S/C31H26Cl2N2O2/c1-20-14-28(32)31(29(33)15-20)37-13-12-36-25-9-6-21(7-10-25)16-24-19-35-30-17-22(8-11-27(24)30)26-5-3-2-4-23(26)18-34/h2-11,14-15,17,24,35H,12-13,16,19H2,1H3. The van der Waals surface area contributed by atoms with Gasteiger partial charge in [-0.25, -0.2) is 0 Å². The maximum atomic E-state index is 9.44. The molecule has 1 heterocycles. The Labute approximate surface area is 227 Å². The lowest BCUT2D eigenvalue weighted by Gasteiger charge is -2.13. The van der Waals surface area contributed by atoms with Crippen LogP contribution in [0, 0.1) is 18.3 Å². The first-order valence-electron chi connectivity index (χ1n) is 12.2. The number of aryl methyl sites for hydroxylation is 1. The lowest BCUT2D eigenvalue weighted by atomic mass is 9.91. The van der Waals surface area contributed by atoms with E-state index in [-0.39, 0.29) is 0 Å². The maximum absolute atomic E-state index is 9.44. The van der Waals surface area contributed by atoms with Crippen LogP contribution in [0.5, 0.6) is 11.5 Å². The molecule has 1 unspecified atom stereocenters. The summed E-state index contributed by atoms with van der Waals surface area (Å²) in [5.74, 6) is 1.67. The van der Waals surface area contributed by atoms with Crippen molar-refractivity contribution in [3.8, 4) is 28.7 Å². The van der Waals surface area contributed by atoms with E-state index in [1.54, 1.807) is 0 Å². The summed E-state index contributed by atoms with van der Waals surface area (Å²) >= 11 is 12.5. The van der Waals surface area contributed by atoms with Gasteiger partial charge in [0.2, 0.25) is 0 Å². The third-order valence-electron chi connectivity index (χ3n) is 6.54. The normalized spacial score (nSPS) is 13.9. The van der Waals surface area contributed by atoms with Crippen molar-refractivity contribution in [3.05, 3.63) is 111 Å². The van der Waals surface area contributed by atoms with Crippen molar-refractivity contribution in [2.24, 2.45) is 0 Å². The molecule has 0 bridgehead atoms. The Kier molecular flexibility index (Phi) is 7.55. The van der Waals surface area contributed by atoms with Gasteiger partial charge in [-0.15, -0.1) is 0 Å². The molecule has 0 aromatic heterocycles. The molecule has 5 rings (SSSR count). The summed E-state index contributed by atoms with van der Waals surface area (Å²) in [6.45, 7) is 3.55. The Balaban J connectivity index is 1.17. The lowest BCUT2D eigenvalue weighted by Crippen LogP contribution is -2.09. The number of benzene rings is 4. The Morgan fingerprint density at radius 1 is 0.919 bits per heavy atom. The van der Waals surface area contributed by atoms with Gasteiger partial charge in [-0.1, -0.05) is 65.7 Å². The van der Waals surface area contributed by atoms with Crippen molar-refractivity contribution >= 4 is 28.9 Å². The number of anilines is 1. The minimum absolute atomic E-state index is 0.343. The van der Waals surface area contributed by atoms with Crippen LogP contribution in [0.15, 0.2) is 78.9 Å². The zero-order valence-electron chi connectivity index (χ0n) is 20.4. The van der Waals surface area contributed by atoms with Gasteiger partial charge in [0.25, 0.3) is 0 Å². The van der Waals surface area contributed by atoms with Crippen molar-refractivity contribution in [1.29, 1.82) is 5.26 Å². The lowest BCUT2D eigenvalue weighted by molar-refractivity contribution is 0.217. The molecule has 6 heteroatoms. The molecule has 0 radical (unpaired) electrons. The predicted molar refractivity (Wildman–Crippen MR) is 150 cm³/mol. The summed E-state index contributed by atoms with van der Waals surface area (Å²) in [4.78, 5) is 0. The monoisotopic (exact) mass is 528 g/mol. The SMILES string of the molecule is Cc1cc(Cl)c(OCCOc2ccc(CC3CNc4cc(-c5ccccc5C#N)ccc43)cc2)c(Cl)c1. The quantitative estimate of drug-likeness (QED) is 0.235. The van der Waals surface area contributed by atoms with Crippen molar-refractivity contribution in [2.45, 2.75) is 19.3 Å². The Hall–Kier alpha value is -3.65. The average Bonchev–Trinajstić information content (AvgIpc) is 3.30. The molecule has 186 valence electrons. The number of nitrogens with one attached hydrogen (secondary N) is 1. The van der Waals surface area contributed by atoms with Gasteiger partial charge in [0.15, 0.2) is 5.75 Å². The smallest absolute Gasteiger partial charge is 0.156 e. The molecule has 4 aromatic carbocycles. The van der Waals surface area contributed by atoms with E-state index in [4.69, 9.17) is 32.7 Å². The van der Waals surface area contributed by atoms with Crippen molar-refractivity contribution in [2.75, 3.05) is 25.1 Å². The van der Waals surface area contributed by atoms with Gasteiger partial charge >= 0.3 is 0 Å². The van der Waals surface area contributed by atoms with E-state index in [0.717, 1.165) is 41.1 Å². The minimum Gasteiger partial charge on any atom is -0.490 e. The number of fused-ring (bicyclic) bond motifs is 1. The number of halogens is 2. The Bertz CT molecular complexity index is 1440. The number of hydrogen-bond acceptors (Lipinski definition) is 4. The van der Waals surface area contributed by atoms with Crippen molar-refractivity contribution in [1.82, 2.24) is 0 Å². The Morgan fingerprint density at radius 3 is 2.41 bits per heavy atom. The first kappa shape index (κ1) is 25.0. The first-order valence-corrected chi connectivity index (χ1v) is 12.9. The molecule has 1 aliphatic heterocycles. The van der Waals surface area contributed by atoms with Crippen LogP contribution in [-0.2, 0) is 6.42 Å². The molecule has 4 aromatic rings. The zero-order valence-corrected chi connectivity index (χ0v) is 21.9. The molecule has 4 nitrogen and oxygen atoms in total. The molecular weight excluding hydrogens is 503 g/mol. The van der Waals surface area contributed by atoms with E-state index in [2.05, 4.69) is 41.7 Å². The maximum Gasteiger partial charge on any atom is 0.156 e. The highest BCUT2D eigenvalue weighted by Crippen LogP contribution is 2.38. The summed E-state index contributed by atoms with van der Waals surface area (Å²) < 4.78 is 11.6. The highest BCUT2D eigenvalue weighted by atomic mass is 35.5. The third kappa shape index (κ3) is 5.69. The van der Waals surface area contributed by atoms with Crippen LogP contribution in [0.3, 0.4) is 0 Å². The van der Waals surface area contributed by atoms with Crippen LogP contribution >= 0.6 is 23.2 Å². The molecule has 0 saturated carbocycles. The fourth-order valence-corrected chi connectivity index (χ4v) is 5.43. The summed E-state index contributed by atoms with van der Waals surface area (Å²) in [5.41, 5.74) is 7.40. The second-order valence-electron chi connectivity index (χ2n) is 9.14. The van der Waals surface area contributed by atoms with Gasteiger partial charge in [-0.05, 0) is 77.6 Å². The number of nitrogens with zero attached hydrogens (tertiary/aromatic N) is 1. The van der Waals surface area contributed by atoms with Crippen LogP contribution in [0.1, 0.15) is 28.2 Å². The molecule has 0 saturated heterocycles. The van der Waals surface area contributed by atoms with Gasteiger partial charge < -0.3 is 14.8 Å². The second-order valence-corrected chi connectivity index (χ2v) is 9.95. The van der Waals surface area contributed by atoms with Crippen LogP contribution < -0.4 is 14.8 Å². The molecule has 0 fully saturated rings. The predicted octanol–water partition coefficient (Wildman–Crippen LogP) is 8.05. The molecule has 0 spiro atoms. The molecule has 0 amide bonds. The summed E-state index contributed by atoms with van der Waals surface area (Å²) in [6, 6.07) is 28.3. The van der Waals surface area contributed by atoms with E-state index < -0.39 is 0 Å². The van der Waals surface area contributed by atoms with E-state index >= 15 is 0 Å². The summed E-state index contributed by atoms with van der Waals surface area (Å²) in [7, 11) is 0. The van der Waals surface area contributed by atoms with Crippen molar-refractivity contribution < 1.29 is 9.47 Å². The number of rotatable bonds is 8. The molecule has 0 aliphatic carbocycles. The Morgan fingerprint density at radius 2 is 1.65 bits per heavy atom. The average molecular weight is 529 g/mol. The van der Waals surface area contributed by atoms with Gasteiger partial charge in [0.05, 0.1) is 21.7 Å². The molecule has 37 heavy (non-hydrogen) atoms. The highest BCUT2D eigenvalue weighted by molar-refractivity contribution is 6.37. The zero-order chi connectivity index (χ0) is 25.8. The van der Waals surface area contributed by atoms with Crippen molar-refractivity contribution in [3.63, 3.8) is 0 Å².